The summed E-state index contributed by atoms with van der Waals surface area (Å²) < 4.78 is 4.89. The van der Waals surface area contributed by atoms with Crippen molar-refractivity contribution >= 4 is 5.97 Å². The standard InChI is InChI=1S/C11H14O5/c1-6(2)16-9(13)5-7-3-4-8(12)11(15)10(7)14/h3-4,6,12,14-15H,5H2,1-2H3. The molecule has 0 aliphatic rings. The summed E-state index contributed by atoms with van der Waals surface area (Å²) in [5.41, 5.74) is 0.209. The molecule has 0 aliphatic heterocycles. The first kappa shape index (κ1) is 12.2. The van der Waals surface area contributed by atoms with Gasteiger partial charge in [-0.2, -0.15) is 0 Å². The second-order valence-electron chi connectivity index (χ2n) is 3.66. The number of aromatic hydroxyl groups is 3. The van der Waals surface area contributed by atoms with Gasteiger partial charge in [-0.15, -0.1) is 0 Å². The highest BCUT2D eigenvalue weighted by Gasteiger charge is 2.15. The van der Waals surface area contributed by atoms with E-state index in [9.17, 15) is 15.0 Å². The fourth-order valence-corrected chi connectivity index (χ4v) is 1.21. The molecular weight excluding hydrogens is 212 g/mol. The van der Waals surface area contributed by atoms with E-state index in [0.717, 1.165) is 0 Å². The lowest BCUT2D eigenvalue weighted by molar-refractivity contribution is -0.146. The van der Waals surface area contributed by atoms with Crippen LogP contribution >= 0.6 is 0 Å². The Labute approximate surface area is 92.9 Å². The smallest absolute Gasteiger partial charge is 0.310 e. The Bertz CT molecular complexity index is 398. The minimum absolute atomic E-state index is 0.155. The molecule has 0 aromatic heterocycles. The molecule has 1 aromatic rings. The Kier molecular flexibility index (Phi) is 3.60. The van der Waals surface area contributed by atoms with E-state index in [0.29, 0.717) is 0 Å². The average Bonchev–Trinajstić information content (AvgIpc) is 2.18. The molecule has 1 aromatic carbocycles. The lowest BCUT2D eigenvalue weighted by Crippen LogP contribution is -2.13. The SMILES string of the molecule is CC(C)OC(=O)Cc1ccc(O)c(O)c1O. The summed E-state index contributed by atoms with van der Waals surface area (Å²) in [7, 11) is 0. The summed E-state index contributed by atoms with van der Waals surface area (Å²) in [4.78, 5) is 11.3. The number of ether oxygens (including phenoxy) is 1. The van der Waals surface area contributed by atoms with Gasteiger partial charge < -0.3 is 20.1 Å². The van der Waals surface area contributed by atoms with Crippen molar-refractivity contribution < 1.29 is 24.9 Å². The number of carbonyl (C=O) groups excluding carboxylic acids is 1. The van der Waals surface area contributed by atoms with E-state index >= 15 is 0 Å². The third-order valence-electron chi connectivity index (χ3n) is 1.92. The van der Waals surface area contributed by atoms with Gasteiger partial charge in [0.25, 0.3) is 0 Å². The van der Waals surface area contributed by atoms with Crippen molar-refractivity contribution in [1.29, 1.82) is 0 Å². The minimum atomic E-state index is -0.630. The third-order valence-corrected chi connectivity index (χ3v) is 1.92. The first-order valence-corrected chi connectivity index (χ1v) is 4.84. The molecule has 3 N–H and O–H groups in total. The van der Waals surface area contributed by atoms with E-state index in [1.807, 2.05) is 0 Å². The molecule has 0 bridgehead atoms. The summed E-state index contributed by atoms with van der Waals surface area (Å²) in [5, 5.41) is 27.8. The van der Waals surface area contributed by atoms with E-state index in [2.05, 4.69) is 0 Å². The maximum Gasteiger partial charge on any atom is 0.310 e. The van der Waals surface area contributed by atoms with Crippen LogP contribution in [0.5, 0.6) is 17.2 Å². The van der Waals surface area contributed by atoms with Gasteiger partial charge in [-0.3, -0.25) is 4.79 Å². The summed E-state index contributed by atoms with van der Waals surface area (Å²) in [6, 6.07) is 2.55. The zero-order valence-electron chi connectivity index (χ0n) is 9.10. The quantitative estimate of drug-likeness (QED) is 0.534. The van der Waals surface area contributed by atoms with Crippen molar-refractivity contribution in [2.24, 2.45) is 0 Å². The monoisotopic (exact) mass is 226 g/mol. The van der Waals surface area contributed by atoms with Crippen LogP contribution in [-0.4, -0.2) is 27.4 Å². The van der Waals surface area contributed by atoms with Gasteiger partial charge in [0.2, 0.25) is 5.75 Å². The van der Waals surface area contributed by atoms with Crippen LogP contribution in [-0.2, 0) is 16.0 Å². The van der Waals surface area contributed by atoms with E-state index in [1.165, 1.54) is 12.1 Å². The molecule has 88 valence electrons. The van der Waals surface area contributed by atoms with Crippen LogP contribution in [0.4, 0.5) is 0 Å². The molecule has 0 radical (unpaired) electrons. The van der Waals surface area contributed by atoms with Crippen molar-refractivity contribution in [3.63, 3.8) is 0 Å². The van der Waals surface area contributed by atoms with Crippen LogP contribution in [0.1, 0.15) is 19.4 Å². The summed E-state index contributed by atoms with van der Waals surface area (Å²) in [6.45, 7) is 3.43. The molecule has 5 heteroatoms. The van der Waals surface area contributed by atoms with Gasteiger partial charge in [-0.25, -0.2) is 0 Å². The van der Waals surface area contributed by atoms with Gasteiger partial charge in [-0.05, 0) is 19.9 Å². The zero-order chi connectivity index (χ0) is 12.3. The van der Waals surface area contributed by atoms with Crippen molar-refractivity contribution in [3.05, 3.63) is 17.7 Å². The molecular formula is C11H14O5. The van der Waals surface area contributed by atoms with Gasteiger partial charge >= 0.3 is 5.97 Å². The van der Waals surface area contributed by atoms with E-state index in [-0.39, 0.29) is 18.1 Å². The number of carbonyl (C=O) groups is 1. The molecule has 0 saturated heterocycles. The summed E-state index contributed by atoms with van der Waals surface area (Å²) in [5.74, 6) is -2.07. The lowest BCUT2D eigenvalue weighted by atomic mass is 10.1. The van der Waals surface area contributed by atoms with Crippen LogP contribution in [0.15, 0.2) is 12.1 Å². The first-order chi connectivity index (χ1) is 7.41. The van der Waals surface area contributed by atoms with E-state index in [1.54, 1.807) is 13.8 Å². The molecule has 16 heavy (non-hydrogen) atoms. The molecule has 0 aliphatic carbocycles. The lowest BCUT2D eigenvalue weighted by Gasteiger charge is -2.09. The Balaban J connectivity index is 2.82. The highest BCUT2D eigenvalue weighted by Crippen LogP contribution is 2.37. The van der Waals surface area contributed by atoms with Gasteiger partial charge in [0.05, 0.1) is 12.5 Å². The van der Waals surface area contributed by atoms with E-state index < -0.39 is 23.2 Å². The normalized spacial score (nSPS) is 10.4. The van der Waals surface area contributed by atoms with E-state index in [4.69, 9.17) is 9.84 Å². The predicted molar refractivity (Wildman–Crippen MR) is 56.4 cm³/mol. The predicted octanol–water partition coefficient (Wildman–Crippen LogP) is 1.30. The second-order valence-corrected chi connectivity index (χ2v) is 3.66. The van der Waals surface area contributed by atoms with Gasteiger partial charge in [0, 0.05) is 5.56 Å². The van der Waals surface area contributed by atoms with Crippen LogP contribution < -0.4 is 0 Å². The Hall–Kier alpha value is -1.91. The number of benzene rings is 1. The Morgan fingerprint density at radius 3 is 2.44 bits per heavy atom. The third kappa shape index (κ3) is 2.79. The van der Waals surface area contributed by atoms with Crippen LogP contribution in [0.2, 0.25) is 0 Å². The van der Waals surface area contributed by atoms with Crippen molar-refractivity contribution in [1.82, 2.24) is 0 Å². The molecule has 0 spiro atoms. The maximum absolute atomic E-state index is 11.3. The largest absolute Gasteiger partial charge is 0.504 e. The van der Waals surface area contributed by atoms with Crippen LogP contribution in [0.3, 0.4) is 0 Å². The Morgan fingerprint density at radius 2 is 1.88 bits per heavy atom. The fraction of sp³-hybridized carbons (Fsp3) is 0.364. The topological polar surface area (TPSA) is 87.0 Å². The van der Waals surface area contributed by atoms with Gasteiger partial charge in [0.15, 0.2) is 11.5 Å². The minimum Gasteiger partial charge on any atom is -0.504 e. The molecule has 0 fully saturated rings. The van der Waals surface area contributed by atoms with Gasteiger partial charge in [-0.1, -0.05) is 6.07 Å². The molecule has 0 amide bonds. The zero-order valence-corrected chi connectivity index (χ0v) is 9.10. The number of hydrogen-bond acceptors (Lipinski definition) is 5. The summed E-state index contributed by atoms with van der Waals surface area (Å²) >= 11 is 0. The summed E-state index contributed by atoms with van der Waals surface area (Å²) in [6.07, 6.45) is -0.391. The molecule has 0 atom stereocenters. The van der Waals surface area contributed by atoms with Crippen molar-refractivity contribution in [3.8, 4) is 17.2 Å². The highest BCUT2D eigenvalue weighted by molar-refractivity contribution is 5.74. The second kappa shape index (κ2) is 4.74. The number of rotatable bonds is 3. The molecule has 0 heterocycles. The number of phenols is 3. The maximum atomic E-state index is 11.3. The fourth-order valence-electron chi connectivity index (χ4n) is 1.21. The molecule has 0 unspecified atom stereocenters. The number of hydrogen-bond donors (Lipinski definition) is 3. The molecule has 5 nitrogen and oxygen atoms in total. The van der Waals surface area contributed by atoms with Crippen molar-refractivity contribution in [2.45, 2.75) is 26.4 Å². The Morgan fingerprint density at radius 1 is 1.25 bits per heavy atom. The number of esters is 1. The molecule has 0 saturated carbocycles. The highest BCUT2D eigenvalue weighted by atomic mass is 16.5. The number of phenolic OH excluding ortho intramolecular Hbond substituents is 3. The van der Waals surface area contributed by atoms with Crippen molar-refractivity contribution in [2.75, 3.05) is 0 Å². The van der Waals surface area contributed by atoms with Gasteiger partial charge in [0.1, 0.15) is 0 Å². The molecule has 1 rings (SSSR count). The average molecular weight is 226 g/mol. The van der Waals surface area contributed by atoms with Crippen LogP contribution in [0.25, 0.3) is 0 Å². The first-order valence-electron chi connectivity index (χ1n) is 4.84. The van der Waals surface area contributed by atoms with Crippen LogP contribution in [0, 0.1) is 0 Å².